The van der Waals surface area contributed by atoms with Gasteiger partial charge in [0.05, 0.1) is 19.1 Å². The molecule has 0 aromatic heterocycles. The van der Waals surface area contributed by atoms with Crippen molar-refractivity contribution < 1.29 is 19.0 Å². The van der Waals surface area contributed by atoms with E-state index in [0.29, 0.717) is 0 Å². The van der Waals surface area contributed by atoms with Crippen LogP contribution in [0.3, 0.4) is 0 Å². The molecule has 0 unspecified atom stereocenters. The van der Waals surface area contributed by atoms with Gasteiger partial charge in [-0.2, -0.15) is 0 Å². The molecule has 1 atom stereocenters. The maximum atomic E-state index is 12.1. The maximum Gasteiger partial charge on any atom is 0.237 e. The van der Waals surface area contributed by atoms with Crippen molar-refractivity contribution in [1.82, 2.24) is 0 Å². The van der Waals surface area contributed by atoms with Gasteiger partial charge in [0.25, 0.3) is 0 Å². The van der Waals surface area contributed by atoms with Crippen LogP contribution in [0, 0.1) is 0 Å². The molecule has 1 aliphatic rings. The number of hydrogen-bond donors (Lipinski definition) is 1. The second-order valence-corrected chi connectivity index (χ2v) is 4.45. The van der Waals surface area contributed by atoms with Crippen LogP contribution in [0.5, 0.6) is 5.75 Å². The monoisotopic (exact) mass is 251 g/mol. The van der Waals surface area contributed by atoms with Crippen LogP contribution in [-0.4, -0.2) is 33.5 Å². The summed E-state index contributed by atoms with van der Waals surface area (Å²) in [5.41, 5.74) is 0.995. The Morgan fingerprint density at radius 2 is 2.11 bits per heavy atom. The third-order valence-electron chi connectivity index (χ3n) is 3.16. The third-order valence-corrected chi connectivity index (χ3v) is 3.16. The van der Waals surface area contributed by atoms with Gasteiger partial charge in [-0.1, -0.05) is 0 Å². The lowest BCUT2D eigenvalue weighted by Crippen LogP contribution is -2.36. The molecule has 18 heavy (non-hydrogen) atoms. The number of amides is 1. The number of ether oxygens (including phenoxy) is 3. The van der Waals surface area contributed by atoms with Crippen LogP contribution in [0.15, 0.2) is 18.2 Å². The third kappa shape index (κ3) is 2.07. The summed E-state index contributed by atoms with van der Waals surface area (Å²) in [6, 6.07) is 5.53. The van der Waals surface area contributed by atoms with Crippen molar-refractivity contribution in [3.63, 3.8) is 0 Å². The van der Waals surface area contributed by atoms with Gasteiger partial charge < -0.3 is 19.5 Å². The minimum atomic E-state index is -0.706. The topological polar surface area (TPSA) is 56.8 Å². The molecule has 0 spiro atoms. The Morgan fingerprint density at radius 3 is 2.78 bits per heavy atom. The summed E-state index contributed by atoms with van der Waals surface area (Å²) >= 11 is 0. The van der Waals surface area contributed by atoms with E-state index in [1.807, 2.05) is 25.1 Å². The first-order valence-electron chi connectivity index (χ1n) is 5.68. The predicted octanol–water partition coefficient (Wildman–Crippen LogP) is 1.53. The zero-order chi connectivity index (χ0) is 13.2. The molecule has 2 rings (SSSR count). The molecule has 0 saturated heterocycles. The zero-order valence-corrected chi connectivity index (χ0v) is 10.8. The molecule has 0 bridgehead atoms. The Morgan fingerprint density at radius 1 is 1.33 bits per heavy atom. The number of carbonyl (C=O) groups is 1. The molecular weight excluding hydrogens is 234 g/mol. The zero-order valence-electron chi connectivity index (χ0n) is 10.8. The van der Waals surface area contributed by atoms with E-state index in [2.05, 4.69) is 5.32 Å². The normalized spacial score (nSPS) is 21.6. The van der Waals surface area contributed by atoms with Crippen LogP contribution in [0.4, 0.5) is 5.69 Å². The smallest absolute Gasteiger partial charge is 0.237 e. The van der Waals surface area contributed by atoms with Crippen molar-refractivity contribution in [3.8, 4) is 5.75 Å². The van der Waals surface area contributed by atoms with Crippen molar-refractivity contribution in [3.05, 3.63) is 23.8 Å². The first kappa shape index (κ1) is 12.9. The highest BCUT2D eigenvalue weighted by atomic mass is 16.7. The minimum absolute atomic E-state index is 0.0677. The van der Waals surface area contributed by atoms with Crippen LogP contribution in [0.2, 0.25) is 0 Å². The Balaban J connectivity index is 2.29. The maximum absolute atomic E-state index is 12.1. The number of nitrogens with one attached hydrogen (secondary N) is 1. The van der Waals surface area contributed by atoms with Crippen LogP contribution in [-0.2, 0) is 19.7 Å². The molecule has 1 N–H and O–H groups in total. The summed E-state index contributed by atoms with van der Waals surface area (Å²) in [6.45, 7) is 2.29. The molecule has 1 aromatic carbocycles. The second-order valence-electron chi connectivity index (χ2n) is 4.45. The molecule has 0 aliphatic carbocycles. The van der Waals surface area contributed by atoms with Crippen LogP contribution in [0.1, 0.15) is 12.5 Å². The molecule has 1 aliphatic heterocycles. The lowest BCUT2D eigenvalue weighted by atomic mass is 9.84. The van der Waals surface area contributed by atoms with Crippen molar-refractivity contribution >= 4 is 11.6 Å². The highest BCUT2D eigenvalue weighted by Crippen LogP contribution is 2.39. The van der Waals surface area contributed by atoms with E-state index in [1.165, 1.54) is 0 Å². The summed E-state index contributed by atoms with van der Waals surface area (Å²) < 4.78 is 15.4. The van der Waals surface area contributed by atoms with Gasteiger partial charge in [-0.25, -0.2) is 0 Å². The SMILES string of the molecule is COCOC[C@]1(C)C(=O)Nc2ccc(OC)cc21. The highest BCUT2D eigenvalue weighted by Gasteiger charge is 2.43. The van der Waals surface area contributed by atoms with Crippen LogP contribution < -0.4 is 10.1 Å². The van der Waals surface area contributed by atoms with E-state index in [9.17, 15) is 4.79 Å². The highest BCUT2D eigenvalue weighted by molar-refractivity contribution is 6.06. The fourth-order valence-electron chi connectivity index (χ4n) is 2.07. The number of methoxy groups -OCH3 is 2. The Kier molecular flexibility index (Phi) is 3.54. The van der Waals surface area contributed by atoms with Gasteiger partial charge >= 0.3 is 0 Å². The molecule has 1 aromatic rings. The Bertz CT molecular complexity index is 460. The molecule has 5 heteroatoms. The van der Waals surface area contributed by atoms with Crippen molar-refractivity contribution in [1.29, 1.82) is 0 Å². The largest absolute Gasteiger partial charge is 0.497 e. The average molecular weight is 251 g/mol. The van der Waals surface area contributed by atoms with Gasteiger partial charge in [0.2, 0.25) is 5.91 Å². The molecule has 0 fully saturated rings. The Hall–Kier alpha value is -1.59. The summed E-state index contributed by atoms with van der Waals surface area (Å²) in [5.74, 6) is 0.657. The van der Waals surface area contributed by atoms with Gasteiger partial charge in [0.15, 0.2) is 0 Å². The van der Waals surface area contributed by atoms with Crippen LogP contribution in [0.25, 0.3) is 0 Å². The van der Waals surface area contributed by atoms with E-state index in [-0.39, 0.29) is 19.3 Å². The van der Waals surface area contributed by atoms with Gasteiger partial charge in [0.1, 0.15) is 12.5 Å². The average Bonchev–Trinajstić information content (AvgIpc) is 2.62. The number of anilines is 1. The lowest BCUT2D eigenvalue weighted by Gasteiger charge is -2.22. The van der Waals surface area contributed by atoms with E-state index in [4.69, 9.17) is 14.2 Å². The first-order valence-corrected chi connectivity index (χ1v) is 5.68. The molecule has 1 amide bonds. The molecule has 98 valence electrons. The fraction of sp³-hybridized carbons (Fsp3) is 0.462. The molecule has 5 nitrogen and oxygen atoms in total. The minimum Gasteiger partial charge on any atom is -0.497 e. The van der Waals surface area contributed by atoms with E-state index in [1.54, 1.807) is 14.2 Å². The van der Waals surface area contributed by atoms with Crippen molar-refractivity contribution in [2.24, 2.45) is 0 Å². The number of benzene rings is 1. The summed E-state index contributed by atoms with van der Waals surface area (Å²) in [6.07, 6.45) is 0. The van der Waals surface area contributed by atoms with Crippen LogP contribution >= 0.6 is 0 Å². The molecule has 1 heterocycles. The second kappa shape index (κ2) is 4.96. The van der Waals surface area contributed by atoms with E-state index < -0.39 is 5.41 Å². The number of carbonyl (C=O) groups excluding carboxylic acids is 1. The predicted molar refractivity (Wildman–Crippen MR) is 66.8 cm³/mol. The van der Waals surface area contributed by atoms with Gasteiger partial charge in [-0.3, -0.25) is 4.79 Å². The van der Waals surface area contributed by atoms with Gasteiger partial charge in [-0.15, -0.1) is 0 Å². The van der Waals surface area contributed by atoms with E-state index >= 15 is 0 Å². The number of hydrogen-bond acceptors (Lipinski definition) is 4. The lowest BCUT2D eigenvalue weighted by molar-refractivity contribution is -0.124. The number of fused-ring (bicyclic) bond motifs is 1. The molecular formula is C13H17NO4. The summed E-state index contributed by atoms with van der Waals surface area (Å²) in [4.78, 5) is 12.1. The summed E-state index contributed by atoms with van der Waals surface area (Å²) in [5, 5.41) is 2.85. The summed E-state index contributed by atoms with van der Waals surface area (Å²) in [7, 11) is 3.15. The molecule has 0 radical (unpaired) electrons. The van der Waals surface area contributed by atoms with Gasteiger partial charge in [0, 0.05) is 12.8 Å². The fourth-order valence-corrected chi connectivity index (χ4v) is 2.07. The van der Waals surface area contributed by atoms with Crippen molar-refractivity contribution in [2.45, 2.75) is 12.3 Å². The number of rotatable bonds is 5. The van der Waals surface area contributed by atoms with Crippen molar-refractivity contribution in [2.75, 3.05) is 32.9 Å². The standard InChI is InChI=1S/C13H17NO4/c1-13(7-18-8-16-2)10-6-9(17-3)4-5-11(10)14-12(13)15/h4-6H,7-8H2,1-3H3,(H,14,15)/t13-/m0/s1. The Labute approximate surface area is 106 Å². The molecule has 0 saturated carbocycles. The first-order chi connectivity index (χ1) is 8.61. The van der Waals surface area contributed by atoms with Gasteiger partial charge in [-0.05, 0) is 30.7 Å². The van der Waals surface area contributed by atoms with E-state index in [0.717, 1.165) is 17.0 Å². The quantitative estimate of drug-likeness (QED) is 0.637.